The van der Waals surface area contributed by atoms with Crippen LogP contribution in [0.4, 0.5) is 10.1 Å². The minimum Gasteiger partial charge on any atom is -0.342 e. The van der Waals surface area contributed by atoms with Gasteiger partial charge >= 0.3 is 0 Å². The third kappa shape index (κ3) is 6.21. The number of amides is 2. The number of hydrogen-bond donors (Lipinski definition) is 1. The third-order valence-electron chi connectivity index (χ3n) is 5.67. The highest BCUT2D eigenvalue weighted by Crippen LogP contribution is 2.32. The van der Waals surface area contributed by atoms with Crippen molar-refractivity contribution in [1.82, 2.24) is 9.88 Å². The number of nitrogens with one attached hydrogen (secondary N) is 1. The van der Waals surface area contributed by atoms with Gasteiger partial charge in [-0.15, -0.1) is 11.3 Å². The Morgan fingerprint density at radius 3 is 2.70 bits per heavy atom. The van der Waals surface area contributed by atoms with E-state index in [4.69, 9.17) is 0 Å². The molecular formula is C25H26FN3O2S2. The van der Waals surface area contributed by atoms with Crippen molar-refractivity contribution in [1.29, 1.82) is 0 Å². The lowest BCUT2D eigenvalue weighted by molar-refractivity contribution is -0.133. The second-order valence-electron chi connectivity index (χ2n) is 8.30. The number of nitrogens with zero attached hydrogens (tertiary/aromatic N) is 2. The molecule has 1 saturated heterocycles. The van der Waals surface area contributed by atoms with E-state index in [0.29, 0.717) is 13.1 Å². The molecule has 2 aromatic carbocycles. The summed E-state index contributed by atoms with van der Waals surface area (Å²) in [6, 6.07) is 11.9. The van der Waals surface area contributed by atoms with Crippen LogP contribution in [0, 0.1) is 25.6 Å². The normalized spacial score (nSPS) is 16.0. The van der Waals surface area contributed by atoms with Crippen molar-refractivity contribution < 1.29 is 14.0 Å². The molecule has 5 nitrogen and oxygen atoms in total. The molecule has 1 atom stereocenters. The molecule has 1 fully saturated rings. The summed E-state index contributed by atoms with van der Waals surface area (Å²) in [5.74, 6) is -0.661. The number of hydrogen-bond acceptors (Lipinski definition) is 5. The van der Waals surface area contributed by atoms with Crippen molar-refractivity contribution in [3.8, 4) is 0 Å². The zero-order valence-corrected chi connectivity index (χ0v) is 20.3. The fourth-order valence-electron chi connectivity index (χ4n) is 3.86. The van der Waals surface area contributed by atoms with Crippen molar-refractivity contribution in [2.24, 2.45) is 5.92 Å². The first-order chi connectivity index (χ1) is 15.9. The van der Waals surface area contributed by atoms with Gasteiger partial charge in [0.15, 0.2) is 4.34 Å². The number of likely N-dealkylation sites (tertiary alicyclic amines) is 1. The molecule has 1 aliphatic heterocycles. The van der Waals surface area contributed by atoms with Crippen LogP contribution in [0.2, 0.25) is 0 Å². The SMILES string of the molecule is Cc1csc(Sc2ccc(NC(=O)C3CCCN(C(=O)Cc4ccc(F)cc4)C3)c(C)c2)n1. The third-order valence-corrected chi connectivity index (χ3v) is 7.72. The Bertz CT molecular complexity index is 1150. The smallest absolute Gasteiger partial charge is 0.229 e. The lowest BCUT2D eigenvalue weighted by Crippen LogP contribution is -2.44. The minimum atomic E-state index is -0.318. The number of piperidine rings is 1. The summed E-state index contributed by atoms with van der Waals surface area (Å²) in [7, 11) is 0. The summed E-state index contributed by atoms with van der Waals surface area (Å²) >= 11 is 3.23. The lowest BCUT2D eigenvalue weighted by Gasteiger charge is -2.32. The van der Waals surface area contributed by atoms with E-state index in [1.807, 2.05) is 31.4 Å². The van der Waals surface area contributed by atoms with Crippen LogP contribution in [-0.2, 0) is 16.0 Å². The van der Waals surface area contributed by atoms with Crippen LogP contribution in [0.25, 0.3) is 0 Å². The Kier molecular flexibility index (Phi) is 7.45. The highest BCUT2D eigenvalue weighted by atomic mass is 32.2. The molecule has 0 aliphatic carbocycles. The summed E-state index contributed by atoms with van der Waals surface area (Å²) in [5, 5.41) is 5.08. The summed E-state index contributed by atoms with van der Waals surface area (Å²) in [6.45, 7) is 5.01. The first kappa shape index (κ1) is 23.4. The predicted molar refractivity (Wildman–Crippen MR) is 130 cm³/mol. The van der Waals surface area contributed by atoms with E-state index < -0.39 is 0 Å². The molecule has 0 radical (unpaired) electrons. The molecule has 1 unspecified atom stereocenters. The maximum atomic E-state index is 13.1. The van der Waals surface area contributed by atoms with Gasteiger partial charge in [0, 0.05) is 34.7 Å². The number of aromatic nitrogens is 1. The highest BCUT2D eigenvalue weighted by molar-refractivity contribution is 8.01. The molecule has 4 rings (SSSR count). The van der Waals surface area contributed by atoms with Crippen LogP contribution < -0.4 is 5.32 Å². The molecule has 1 aliphatic rings. The molecule has 3 aromatic rings. The predicted octanol–water partition coefficient (Wildman–Crippen LogP) is 5.47. The number of rotatable bonds is 6. The van der Waals surface area contributed by atoms with Crippen LogP contribution in [0.15, 0.2) is 57.1 Å². The van der Waals surface area contributed by atoms with Gasteiger partial charge in [0.25, 0.3) is 0 Å². The zero-order valence-electron chi connectivity index (χ0n) is 18.6. The molecule has 2 amide bonds. The van der Waals surface area contributed by atoms with Crippen LogP contribution >= 0.6 is 23.1 Å². The Hall–Kier alpha value is -2.71. The molecule has 0 saturated carbocycles. The average Bonchev–Trinajstić information content (AvgIpc) is 3.21. The molecule has 172 valence electrons. The van der Waals surface area contributed by atoms with E-state index in [-0.39, 0.29) is 30.0 Å². The van der Waals surface area contributed by atoms with Gasteiger partial charge in [0.1, 0.15) is 5.82 Å². The summed E-state index contributed by atoms with van der Waals surface area (Å²) in [6.07, 6.45) is 1.75. The Morgan fingerprint density at radius 2 is 2.00 bits per heavy atom. The second kappa shape index (κ2) is 10.5. The maximum absolute atomic E-state index is 13.1. The fraction of sp³-hybridized carbons (Fsp3) is 0.320. The van der Waals surface area contributed by atoms with E-state index in [1.54, 1.807) is 40.1 Å². The zero-order chi connectivity index (χ0) is 23.4. The first-order valence-electron chi connectivity index (χ1n) is 10.9. The minimum absolute atomic E-state index is 0.0333. The number of carbonyl (C=O) groups is 2. The highest BCUT2D eigenvalue weighted by Gasteiger charge is 2.28. The number of carbonyl (C=O) groups excluding carboxylic acids is 2. The summed E-state index contributed by atoms with van der Waals surface area (Å²) in [5.41, 5.74) is 3.56. The van der Waals surface area contributed by atoms with Crippen LogP contribution in [0.3, 0.4) is 0 Å². The molecule has 1 aromatic heterocycles. The molecule has 0 bridgehead atoms. The maximum Gasteiger partial charge on any atom is 0.229 e. The number of aryl methyl sites for hydroxylation is 2. The van der Waals surface area contributed by atoms with Crippen LogP contribution in [0.5, 0.6) is 0 Å². The van der Waals surface area contributed by atoms with Crippen molar-refractivity contribution in [3.05, 3.63) is 70.5 Å². The summed E-state index contributed by atoms with van der Waals surface area (Å²) < 4.78 is 14.1. The lowest BCUT2D eigenvalue weighted by atomic mass is 9.96. The number of benzene rings is 2. The molecule has 33 heavy (non-hydrogen) atoms. The van der Waals surface area contributed by atoms with Crippen molar-refractivity contribution in [2.45, 2.75) is 42.3 Å². The number of anilines is 1. The quantitative estimate of drug-likeness (QED) is 0.505. The Labute approximate surface area is 201 Å². The van der Waals surface area contributed by atoms with Gasteiger partial charge in [-0.25, -0.2) is 9.37 Å². The molecule has 1 N–H and O–H groups in total. The van der Waals surface area contributed by atoms with Gasteiger partial charge in [-0.1, -0.05) is 23.9 Å². The van der Waals surface area contributed by atoms with E-state index in [0.717, 1.165) is 44.6 Å². The van der Waals surface area contributed by atoms with Crippen molar-refractivity contribution >= 4 is 40.6 Å². The van der Waals surface area contributed by atoms with E-state index in [9.17, 15) is 14.0 Å². The molecule has 2 heterocycles. The van der Waals surface area contributed by atoms with E-state index in [2.05, 4.69) is 16.4 Å². The van der Waals surface area contributed by atoms with Crippen LogP contribution in [0.1, 0.15) is 29.7 Å². The largest absolute Gasteiger partial charge is 0.342 e. The van der Waals surface area contributed by atoms with Gasteiger partial charge in [0.2, 0.25) is 11.8 Å². The Morgan fingerprint density at radius 1 is 1.21 bits per heavy atom. The van der Waals surface area contributed by atoms with E-state index in [1.165, 1.54) is 12.1 Å². The standard InChI is InChI=1S/C25H26FN3O2S2/c1-16-12-21(33-25-27-17(2)15-32-25)9-10-22(16)28-24(31)19-4-3-11-29(14-19)23(30)13-18-5-7-20(26)8-6-18/h5-10,12,15,19H,3-4,11,13-14H2,1-2H3,(H,28,31). The van der Waals surface area contributed by atoms with E-state index >= 15 is 0 Å². The summed E-state index contributed by atoms with van der Waals surface area (Å²) in [4.78, 5) is 33.0. The topological polar surface area (TPSA) is 62.3 Å². The van der Waals surface area contributed by atoms with Gasteiger partial charge in [-0.2, -0.15) is 0 Å². The van der Waals surface area contributed by atoms with Gasteiger partial charge < -0.3 is 10.2 Å². The fourth-order valence-corrected chi connectivity index (χ4v) is 5.77. The average molecular weight is 484 g/mol. The number of halogens is 1. The van der Waals surface area contributed by atoms with Gasteiger partial charge in [0.05, 0.1) is 12.3 Å². The van der Waals surface area contributed by atoms with Gasteiger partial charge in [-0.3, -0.25) is 9.59 Å². The molecule has 8 heteroatoms. The second-order valence-corrected chi connectivity index (χ2v) is 10.5. The Balaban J connectivity index is 1.34. The first-order valence-corrected chi connectivity index (χ1v) is 12.6. The van der Waals surface area contributed by atoms with Crippen LogP contribution in [-0.4, -0.2) is 34.8 Å². The van der Waals surface area contributed by atoms with Crippen molar-refractivity contribution in [2.75, 3.05) is 18.4 Å². The molecule has 0 spiro atoms. The van der Waals surface area contributed by atoms with Crippen molar-refractivity contribution in [3.63, 3.8) is 0 Å². The monoisotopic (exact) mass is 483 g/mol. The van der Waals surface area contributed by atoms with Gasteiger partial charge in [-0.05, 0) is 68.1 Å². The number of thiazole rings is 1. The molecular weight excluding hydrogens is 457 g/mol.